The second-order valence-corrected chi connectivity index (χ2v) is 11.3. The summed E-state index contributed by atoms with van der Waals surface area (Å²) in [6.07, 6.45) is 7.18. The third-order valence-corrected chi connectivity index (χ3v) is 7.17. The third-order valence-electron chi connectivity index (χ3n) is 7.17. The minimum atomic E-state index is -3.63. The molecule has 0 aliphatic heterocycles. The van der Waals surface area contributed by atoms with Crippen LogP contribution >= 0.6 is 0 Å². The van der Waals surface area contributed by atoms with Crippen molar-refractivity contribution in [3.05, 3.63) is 73.1 Å². The predicted octanol–water partition coefficient (Wildman–Crippen LogP) is 6.47. The number of ether oxygens (including phenoxy) is 4. The van der Waals surface area contributed by atoms with E-state index in [0.29, 0.717) is 22.5 Å². The van der Waals surface area contributed by atoms with Crippen molar-refractivity contribution in [2.45, 2.75) is 50.9 Å². The van der Waals surface area contributed by atoms with E-state index in [2.05, 4.69) is 62.7 Å². The van der Waals surface area contributed by atoms with E-state index in [1.54, 1.807) is 0 Å². The van der Waals surface area contributed by atoms with Gasteiger partial charge in [0.25, 0.3) is 11.8 Å². The quantitative estimate of drug-likeness (QED) is 0.0990. The Morgan fingerprint density at radius 3 is 1.44 bits per heavy atom. The molecule has 0 fully saturated rings. The zero-order valence-electron chi connectivity index (χ0n) is 29.3. The topological polar surface area (TPSA) is 149 Å². The molecular formula is C33H30F8N10O4. The third kappa shape index (κ3) is 10.1. The molecule has 55 heavy (non-hydrogen) atoms. The summed E-state index contributed by atoms with van der Waals surface area (Å²) in [4.78, 5) is 16.1. The lowest BCUT2D eigenvalue weighted by molar-refractivity contribution is -0.238. The number of hydrogen-bond donors (Lipinski definition) is 0. The molecule has 6 heterocycles. The molecule has 0 amide bonds. The molecule has 22 heteroatoms. The van der Waals surface area contributed by atoms with Gasteiger partial charge in [-0.25, -0.2) is 27.5 Å². The molecule has 1 atom stereocenters. The average Bonchev–Trinajstić information content (AvgIpc) is 3.80. The minimum Gasteiger partial charge on any atom is -0.471 e. The summed E-state index contributed by atoms with van der Waals surface area (Å²) >= 11 is 0. The number of methoxy groups -OCH3 is 2. The molecule has 0 aliphatic rings. The first-order valence-corrected chi connectivity index (χ1v) is 15.4. The van der Waals surface area contributed by atoms with Crippen LogP contribution < -0.4 is 9.47 Å². The Hall–Kier alpha value is -6.08. The smallest absolute Gasteiger partial charge is 0.417 e. The summed E-state index contributed by atoms with van der Waals surface area (Å²) in [7, 11) is 1.71. The Morgan fingerprint density at radius 2 is 1.07 bits per heavy atom. The van der Waals surface area contributed by atoms with Crippen molar-refractivity contribution in [1.82, 2.24) is 49.1 Å². The maximum absolute atomic E-state index is 13.8. The highest BCUT2D eigenvalue weighted by Crippen LogP contribution is 2.30. The van der Waals surface area contributed by atoms with Crippen LogP contribution in [0.1, 0.15) is 32.4 Å². The summed E-state index contributed by atoms with van der Waals surface area (Å²) in [5.41, 5.74) is 1.73. The number of nitrogens with zero attached hydrogens (tertiary/aromatic N) is 10. The van der Waals surface area contributed by atoms with Gasteiger partial charge in [0.05, 0.1) is 23.8 Å². The van der Waals surface area contributed by atoms with E-state index in [1.807, 2.05) is 0 Å². The first-order chi connectivity index (χ1) is 25.8. The van der Waals surface area contributed by atoms with Gasteiger partial charge in [-0.15, -0.1) is 33.2 Å². The second kappa shape index (κ2) is 16.5. The van der Waals surface area contributed by atoms with Crippen molar-refractivity contribution in [1.29, 1.82) is 0 Å². The number of alkyl halides is 8. The van der Waals surface area contributed by atoms with E-state index < -0.39 is 48.4 Å². The molecule has 292 valence electrons. The molecule has 6 rings (SSSR count). The monoisotopic (exact) mass is 782 g/mol. The lowest BCUT2D eigenvalue weighted by atomic mass is 10.2. The van der Waals surface area contributed by atoms with E-state index in [0.717, 1.165) is 36.9 Å². The van der Waals surface area contributed by atoms with Gasteiger partial charge in [0.2, 0.25) is 23.4 Å². The van der Waals surface area contributed by atoms with Crippen molar-refractivity contribution in [3.8, 4) is 47.1 Å². The number of terminal acetylenes is 1. The van der Waals surface area contributed by atoms with Gasteiger partial charge in [-0.3, -0.25) is 18.8 Å². The van der Waals surface area contributed by atoms with E-state index in [4.69, 9.17) is 9.47 Å². The van der Waals surface area contributed by atoms with E-state index in [1.165, 1.54) is 68.4 Å². The van der Waals surface area contributed by atoms with Crippen LogP contribution in [-0.2, 0) is 21.7 Å². The Morgan fingerprint density at radius 1 is 0.636 bits per heavy atom. The Labute approximate surface area is 306 Å². The molecule has 6 aromatic rings. The first kappa shape index (κ1) is 41.7. The SMILES string of the molecule is C#C.COC(F)(F)c1nnc2cnc(-c3ccc(OCC(C)(F)F)nc3)cn12.COC(F)(F)c1nnc2cnc(-c3ccc(O[C@@H](C)C(C)(F)F)nc3)cn12. The van der Waals surface area contributed by atoms with Gasteiger partial charge in [0.15, 0.2) is 24.0 Å². The molecule has 0 bridgehead atoms. The zero-order chi connectivity index (χ0) is 40.8. The molecule has 0 aromatic carbocycles. The molecule has 0 saturated heterocycles. The van der Waals surface area contributed by atoms with Crippen LogP contribution in [0.3, 0.4) is 0 Å². The van der Waals surface area contributed by atoms with Crippen molar-refractivity contribution < 1.29 is 54.1 Å². The maximum atomic E-state index is 13.8. The highest BCUT2D eigenvalue weighted by Gasteiger charge is 2.38. The van der Waals surface area contributed by atoms with Gasteiger partial charge < -0.3 is 18.9 Å². The Balaban J connectivity index is 0.000000234. The molecule has 0 spiro atoms. The summed E-state index contributed by atoms with van der Waals surface area (Å²) in [6, 6.07) is 5.81. The van der Waals surface area contributed by atoms with Crippen LogP contribution in [0.25, 0.3) is 33.8 Å². The number of halogens is 8. The largest absolute Gasteiger partial charge is 0.471 e. The van der Waals surface area contributed by atoms with E-state index in [-0.39, 0.29) is 23.1 Å². The fraction of sp³-hybridized carbons (Fsp3) is 0.333. The normalized spacial score (nSPS) is 12.7. The number of fused-ring (bicyclic) bond motifs is 2. The molecule has 14 nitrogen and oxygen atoms in total. The number of pyridine rings is 2. The Bertz CT molecular complexity index is 2200. The van der Waals surface area contributed by atoms with Crippen LogP contribution in [0.5, 0.6) is 11.8 Å². The highest BCUT2D eigenvalue weighted by atomic mass is 19.3. The summed E-state index contributed by atoms with van der Waals surface area (Å²) in [6.45, 7) is 1.90. The number of hydrogen-bond acceptors (Lipinski definition) is 12. The van der Waals surface area contributed by atoms with Gasteiger partial charge in [-0.05, 0) is 19.1 Å². The van der Waals surface area contributed by atoms with Crippen LogP contribution in [0, 0.1) is 12.8 Å². The van der Waals surface area contributed by atoms with Gasteiger partial charge in [-0.1, -0.05) is 0 Å². The van der Waals surface area contributed by atoms with E-state index in [9.17, 15) is 35.1 Å². The minimum absolute atomic E-state index is 0.00440. The molecule has 0 radical (unpaired) electrons. The second-order valence-electron chi connectivity index (χ2n) is 11.3. The lowest BCUT2D eigenvalue weighted by Gasteiger charge is -2.20. The molecule has 6 aromatic heterocycles. The summed E-state index contributed by atoms with van der Waals surface area (Å²) in [5, 5.41) is 14.1. The molecule has 0 N–H and O–H groups in total. The van der Waals surface area contributed by atoms with Crippen LogP contribution in [0.15, 0.2) is 61.4 Å². The van der Waals surface area contributed by atoms with Crippen molar-refractivity contribution >= 4 is 11.3 Å². The van der Waals surface area contributed by atoms with Crippen LogP contribution in [0.2, 0.25) is 0 Å². The standard InChI is InChI=1S/C16H15F4N5O2.C15H13F4N5O2.C2H2/c1-9(15(2,17)18)27-13-5-4-10(6-22-13)11-8-25-12(7-21-11)23-24-14(25)16(19,20)26-3;1-14(16,17)8-26-12-4-3-9(5-21-12)10-7-24-11(6-20-10)22-23-13(24)15(18,19)25-2;1-2/h4-9H,1-3H3;3-7H,8H2,1-2H3;1-2H/t9-;;/m0../s1. The summed E-state index contributed by atoms with van der Waals surface area (Å²) in [5.74, 6) is -7.39. The highest BCUT2D eigenvalue weighted by molar-refractivity contribution is 5.60. The molecular weight excluding hydrogens is 752 g/mol. The molecule has 0 saturated carbocycles. The van der Waals surface area contributed by atoms with E-state index >= 15 is 0 Å². The van der Waals surface area contributed by atoms with Crippen LogP contribution in [0.4, 0.5) is 35.1 Å². The zero-order valence-corrected chi connectivity index (χ0v) is 29.3. The van der Waals surface area contributed by atoms with Gasteiger partial charge in [-0.2, -0.15) is 17.6 Å². The van der Waals surface area contributed by atoms with Gasteiger partial charge >= 0.3 is 12.2 Å². The average molecular weight is 783 g/mol. The van der Waals surface area contributed by atoms with Crippen molar-refractivity contribution in [3.63, 3.8) is 0 Å². The number of rotatable bonds is 12. The fourth-order valence-corrected chi connectivity index (χ4v) is 4.18. The maximum Gasteiger partial charge on any atom is 0.417 e. The van der Waals surface area contributed by atoms with Crippen molar-refractivity contribution in [2.24, 2.45) is 0 Å². The predicted molar refractivity (Wildman–Crippen MR) is 177 cm³/mol. The van der Waals surface area contributed by atoms with Crippen LogP contribution in [-0.4, -0.2) is 87.9 Å². The molecule has 0 aliphatic carbocycles. The lowest BCUT2D eigenvalue weighted by Crippen LogP contribution is -2.32. The first-order valence-electron chi connectivity index (χ1n) is 15.4. The Kier molecular flexibility index (Phi) is 12.5. The van der Waals surface area contributed by atoms with Gasteiger partial charge in [0.1, 0.15) is 0 Å². The number of aromatic nitrogens is 10. The summed E-state index contributed by atoms with van der Waals surface area (Å²) < 4.78 is 127. The fourth-order valence-electron chi connectivity index (χ4n) is 4.18. The van der Waals surface area contributed by atoms with Crippen molar-refractivity contribution in [2.75, 3.05) is 20.8 Å². The van der Waals surface area contributed by atoms with Gasteiger partial charge in [0, 0.05) is 76.1 Å². The molecule has 0 unspecified atom stereocenters.